The number of hydrogen-bond donors (Lipinski definition) is 0. The first-order valence-electron chi connectivity index (χ1n) is 6.96. The molecule has 1 fully saturated rings. The van der Waals surface area contributed by atoms with Crippen LogP contribution in [0.1, 0.15) is 57.4 Å². The van der Waals surface area contributed by atoms with Crippen LogP contribution >= 0.6 is 11.8 Å². The average Bonchev–Trinajstić information content (AvgIpc) is 2.56. The van der Waals surface area contributed by atoms with Crippen molar-refractivity contribution in [3.8, 4) is 0 Å². The van der Waals surface area contributed by atoms with E-state index in [1.165, 1.54) is 23.3 Å². The Balaban J connectivity index is 2.01. The Kier molecular flexibility index (Phi) is 4.87. The molecule has 1 unspecified atom stereocenters. The first-order valence-corrected chi connectivity index (χ1v) is 7.84. The van der Waals surface area contributed by atoms with Gasteiger partial charge in [-0.25, -0.2) is 0 Å². The molecule has 2 heteroatoms. The van der Waals surface area contributed by atoms with Gasteiger partial charge in [-0.2, -0.15) is 0 Å². The number of carbonyl (C=O) groups is 1. The molecule has 0 heterocycles. The standard InChI is InChI=1S/C16H22OS/c1-12(2)13-8-10-14(11-9-13)18-16-7-5-3-4-6-15(16)17/h8-12,16H,3-7H2,1-2H3. The van der Waals surface area contributed by atoms with Gasteiger partial charge in [0.05, 0.1) is 5.25 Å². The summed E-state index contributed by atoms with van der Waals surface area (Å²) in [5, 5.41) is 0.192. The molecule has 0 bridgehead atoms. The Morgan fingerprint density at radius 2 is 1.83 bits per heavy atom. The predicted molar refractivity (Wildman–Crippen MR) is 78.3 cm³/mol. The first-order chi connectivity index (χ1) is 8.66. The number of benzene rings is 1. The Labute approximate surface area is 114 Å². The van der Waals surface area contributed by atoms with Crippen LogP contribution in [0.2, 0.25) is 0 Å². The van der Waals surface area contributed by atoms with E-state index >= 15 is 0 Å². The molecule has 1 atom stereocenters. The van der Waals surface area contributed by atoms with Gasteiger partial charge in [0, 0.05) is 11.3 Å². The number of thioether (sulfide) groups is 1. The lowest BCUT2D eigenvalue weighted by Crippen LogP contribution is -2.14. The van der Waals surface area contributed by atoms with E-state index in [1.54, 1.807) is 11.8 Å². The van der Waals surface area contributed by atoms with Gasteiger partial charge in [0.25, 0.3) is 0 Å². The van der Waals surface area contributed by atoms with Crippen LogP contribution in [-0.2, 0) is 4.79 Å². The molecule has 1 nitrogen and oxygen atoms in total. The Morgan fingerprint density at radius 3 is 2.50 bits per heavy atom. The highest BCUT2D eigenvalue weighted by Gasteiger charge is 2.21. The van der Waals surface area contributed by atoms with Gasteiger partial charge in [0.15, 0.2) is 0 Å². The highest BCUT2D eigenvalue weighted by Crippen LogP contribution is 2.31. The van der Waals surface area contributed by atoms with Gasteiger partial charge in [-0.15, -0.1) is 11.8 Å². The summed E-state index contributed by atoms with van der Waals surface area (Å²) in [5.41, 5.74) is 1.37. The quantitative estimate of drug-likeness (QED) is 0.728. The summed E-state index contributed by atoms with van der Waals surface area (Å²) in [6.07, 6.45) is 5.34. The molecule has 0 spiro atoms. The second kappa shape index (κ2) is 6.42. The monoisotopic (exact) mass is 262 g/mol. The zero-order valence-electron chi connectivity index (χ0n) is 11.3. The average molecular weight is 262 g/mol. The fraction of sp³-hybridized carbons (Fsp3) is 0.562. The lowest BCUT2D eigenvalue weighted by molar-refractivity contribution is -0.118. The van der Waals surface area contributed by atoms with Crippen LogP contribution in [-0.4, -0.2) is 11.0 Å². The summed E-state index contributed by atoms with van der Waals surface area (Å²) in [6.45, 7) is 4.41. The molecular weight excluding hydrogens is 240 g/mol. The van der Waals surface area contributed by atoms with Crippen LogP contribution in [0.15, 0.2) is 29.2 Å². The summed E-state index contributed by atoms with van der Waals surface area (Å²) in [5.74, 6) is 1.02. The maximum absolute atomic E-state index is 12.0. The zero-order valence-corrected chi connectivity index (χ0v) is 12.1. The first kappa shape index (κ1) is 13.7. The zero-order chi connectivity index (χ0) is 13.0. The minimum atomic E-state index is 0.192. The van der Waals surface area contributed by atoms with Crippen molar-refractivity contribution in [3.05, 3.63) is 29.8 Å². The van der Waals surface area contributed by atoms with Crippen molar-refractivity contribution in [2.75, 3.05) is 0 Å². The molecule has 0 N–H and O–H groups in total. The summed E-state index contributed by atoms with van der Waals surface area (Å²) < 4.78 is 0. The fourth-order valence-corrected chi connectivity index (χ4v) is 3.50. The summed E-state index contributed by atoms with van der Waals surface area (Å²) in [6, 6.07) is 8.71. The molecule has 98 valence electrons. The molecule has 1 aromatic rings. The Bertz CT molecular complexity index is 394. The molecule has 0 amide bonds. The minimum absolute atomic E-state index is 0.192. The van der Waals surface area contributed by atoms with Crippen molar-refractivity contribution in [1.29, 1.82) is 0 Å². The molecule has 18 heavy (non-hydrogen) atoms. The second-order valence-electron chi connectivity index (χ2n) is 5.40. The molecular formula is C16H22OS. The highest BCUT2D eigenvalue weighted by molar-refractivity contribution is 8.00. The van der Waals surface area contributed by atoms with Gasteiger partial charge in [-0.05, 0) is 36.5 Å². The molecule has 0 saturated heterocycles. The van der Waals surface area contributed by atoms with E-state index in [-0.39, 0.29) is 5.25 Å². The van der Waals surface area contributed by atoms with Crippen molar-refractivity contribution in [2.24, 2.45) is 0 Å². The fourth-order valence-electron chi connectivity index (χ4n) is 2.35. The largest absolute Gasteiger partial charge is 0.298 e. The van der Waals surface area contributed by atoms with Crippen molar-refractivity contribution in [3.63, 3.8) is 0 Å². The normalized spacial score (nSPS) is 21.1. The maximum atomic E-state index is 12.0. The SMILES string of the molecule is CC(C)c1ccc(SC2CCCCCC2=O)cc1. The topological polar surface area (TPSA) is 17.1 Å². The molecule has 1 saturated carbocycles. The summed E-state index contributed by atoms with van der Waals surface area (Å²) in [7, 11) is 0. The van der Waals surface area contributed by atoms with Crippen LogP contribution in [0.4, 0.5) is 0 Å². The van der Waals surface area contributed by atoms with Gasteiger partial charge in [0.2, 0.25) is 0 Å². The number of rotatable bonds is 3. The van der Waals surface area contributed by atoms with E-state index < -0.39 is 0 Å². The summed E-state index contributed by atoms with van der Waals surface area (Å²) >= 11 is 1.76. The lowest BCUT2D eigenvalue weighted by atomic mass is 10.0. The van der Waals surface area contributed by atoms with Gasteiger partial charge in [-0.1, -0.05) is 38.8 Å². The third-order valence-corrected chi connectivity index (χ3v) is 4.90. The third-order valence-electron chi connectivity index (χ3n) is 3.57. The van der Waals surface area contributed by atoms with E-state index in [2.05, 4.69) is 38.1 Å². The van der Waals surface area contributed by atoms with E-state index in [9.17, 15) is 4.79 Å². The van der Waals surface area contributed by atoms with Crippen LogP contribution < -0.4 is 0 Å². The van der Waals surface area contributed by atoms with Crippen molar-refractivity contribution >= 4 is 17.5 Å². The Hall–Kier alpha value is -0.760. The van der Waals surface area contributed by atoms with Gasteiger partial charge in [0.1, 0.15) is 5.78 Å². The van der Waals surface area contributed by atoms with Crippen molar-refractivity contribution < 1.29 is 4.79 Å². The van der Waals surface area contributed by atoms with Gasteiger partial charge < -0.3 is 0 Å². The van der Waals surface area contributed by atoms with Crippen LogP contribution in [0, 0.1) is 0 Å². The van der Waals surface area contributed by atoms with E-state index in [0.29, 0.717) is 11.7 Å². The molecule has 2 rings (SSSR count). The second-order valence-corrected chi connectivity index (χ2v) is 6.67. The van der Waals surface area contributed by atoms with Crippen LogP contribution in [0.5, 0.6) is 0 Å². The van der Waals surface area contributed by atoms with E-state index in [4.69, 9.17) is 0 Å². The number of ketones is 1. The van der Waals surface area contributed by atoms with Crippen LogP contribution in [0.25, 0.3) is 0 Å². The maximum Gasteiger partial charge on any atom is 0.146 e. The molecule has 1 aliphatic rings. The van der Waals surface area contributed by atoms with Crippen molar-refractivity contribution in [1.82, 2.24) is 0 Å². The van der Waals surface area contributed by atoms with E-state index in [1.807, 2.05) is 0 Å². The van der Waals surface area contributed by atoms with Gasteiger partial charge in [-0.3, -0.25) is 4.79 Å². The van der Waals surface area contributed by atoms with Gasteiger partial charge >= 0.3 is 0 Å². The van der Waals surface area contributed by atoms with Crippen molar-refractivity contribution in [2.45, 2.75) is 62.0 Å². The molecule has 0 radical (unpaired) electrons. The van der Waals surface area contributed by atoms with E-state index in [0.717, 1.165) is 19.3 Å². The lowest BCUT2D eigenvalue weighted by Gasteiger charge is -2.13. The number of carbonyl (C=O) groups excluding carboxylic acids is 1. The minimum Gasteiger partial charge on any atom is -0.298 e. The summed E-state index contributed by atoms with van der Waals surface area (Å²) in [4.78, 5) is 13.2. The molecule has 1 aromatic carbocycles. The predicted octanol–water partition coefficient (Wildman–Crippen LogP) is 4.80. The molecule has 0 aliphatic heterocycles. The van der Waals surface area contributed by atoms with Crippen LogP contribution in [0.3, 0.4) is 0 Å². The highest BCUT2D eigenvalue weighted by atomic mass is 32.2. The number of hydrogen-bond acceptors (Lipinski definition) is 2. The smallest absolute Gasteiger partial charge is 0.146 e. The number of Topliss-reactive ketones (excluding diaryl/α,β-unsaturated/α-hetero) is 1. The Morgan fingerprint density at radius 1 is 1.11 bits per heavy atom. The third kappa shape index (κ3) is 3.61. The molecule has 1 aliphatic carbocycles. The molecule has 0 aromatic heterocycles.